The van der Waals surface area contributed by atoms with Gasteiger partial charge in [-0.3, -0.25) is 4.79 Å². The highest BCUT2D eigenvalue weighted by molar-refractivity contribution is 6.33. The maximum absolute atomic E-state index is 12.9. The summed E-state index contributed by atoms with van der Waals surface area (Å²) in [5.41, 5.74) is 2.17. The van der Waals surface area contributed by atoms with Crippen LogP contribution in [0.1, 0.15) is 93.5 Å². The minimum absolute atomic E-state index is 0. The Morgan fingerprint density at radius 3 is 2.60 bits per heavy atom. The number of nitrogens with one attached hydrogen (secondary N) is 2. The van der Waals surface area contributed by atoms with Crippen molar-refractivity contribution in [3.63, 3.8) is 0 Å². The van der Waals surface area contributed by atoms with Crippen LogP contribution in [0.3, 0.4) is 0 Å². The van der Waals surface area contributed by atoms with E-state index in [9.17, 15) is 4.79 Å². The summed E-state index contributed by atoms with van der Waals surface area (Å²) in [6.07, 6.45) is 15.1. The quantitative estimate of drug-likeness (QED) is 0.393. The Bertz CT molecular complexity index is 650. The lowest BCUT2D eigenvalue weighted by molar-refractivity contribution is 0.0682. The molecular weight excluding hydrogens is 392 g/mol. The first kappa shape index (κ1) is 25.2. The van der Waals surface area contributed by atoms with Gasteiger partial charge in [-0.25, -0.2) is 0 Å². The maximum Gasteiger partial charge on any atom is 0.252 e. The third-order valence-electron chi connectivity index (χ3n) is 7.04. The van der Waals surface area contributed by atoms with E-state index in [-0.39, 0.29) is 13.3 Å². The summed E-state index contributed by atoms with van der Waals surface area (Å²) in [5.74, 6) is 0.883. The number of amides is 1. The zero-order valence-corrected chi connectivity index (χ0v) is 19.7. The molecule has 1 amide bonds. The standard InChI is InChI=1S/C25H39ClN2O.CH2/c1-2-3-4-15-27-16-7-10-20-11-12-23(26)22(17-20)24(29)28-19-25-13-5-8-21(18-25)9-6-14-25;/h11-12,17,21,27H,2-10,13-16,18-19H2,1H3,(H,28,29);1H2. The van der Waals surface area contributed by atoms with Gasteiger partial charge in [0.2, 0.25) is 0 Å². The molecule has 2 N–H and O–H groups in total. The van der Waals surface area contributed by atoms with E-state index in [0.717, 1.165) is 38.4 Å². The Labute approximate surface area is 189 Å². The number of fused-ring (bicyclic) bond motifs is 2. The average Bonchev–Trinajstić information content (AvgIpc) is 2.72. The number of rotatable bonds is 11. The molecule has 0 atom stereocenters. The van der Waals surface area contributed by atoms with Crippen molar-refractivity contribution < 1.29 is 4.79 Å². The lowest BCUT2D eigenvalue weighted by Gasteiger charge is -2.45. The molecule has 3 nitrogen and oxygen atoms in total. The van der Waals surface area contributed by atoms with E-state index in [4.69, 9.17) is 11.6 Å². The maximum atomic E-state index is 12.9. The molecule has 2 aliphatic rings. The molecule has 30 heavy (non-hydrogen) atoms. The minimum atomic E-state index is -0.00314. The lowest BCUT2D eigenvalue weighted by Crippen LogP contribution is -2.43. The van der Waals surface area contributed by atoms with Gasteiger partial charge in [0, 0.05) is 6.54 Å². The molecule has 1 aromatic carbocycles. The molecular formula is C26H41ClN2O. The van der Waals surface area contributed by atoms with Crippen LogP contribution >= 0.6 is 11.6 Å². The van der Waals surface area contributed by atoms with Crippen LogP contribution in [0.4, 0.5) is 0 Å². The van der Waals surface area contributed by atoms with Crippen LogP contribution in [-0.4, -0.2) is 25.5 Å². The highest BCUT2D eigenvalue weighted by Gasteiger charge is 2.39. The summed E-state index contributed by atoms with van der Waals surface area (Å²) in [6.45, 7) is 5.17. The monoisotopic (exact) mass is 432 g/mol. The average molecular weight is 433 g/mol. The van der Waals surface area contributed by atoms with E-state index in [1.54, 1.807) is 0 Å². The largest absolute Gasteiger partial charge is 0.351 e. The number of benzene rings is 1. The van der Waals surface area contributed by atoms with Crippen LogP contribution in [-0.2, 0) is 6.42 Å². The van der Waals surface area contributed by atoms with Crippen LogP contribution in [0, 0.1) is 18.8 Å². The molecule has 0 unspecified atom stereocenters. The first-order valence-corrected chi connectivity index (χ1v) is 12.3. The van der Waals surface area contributed by atoms with Crippen molar-refractivity contribution in [2.45, 2.75) is 84.0 Å². The zero-order valence-electron chi connectivity index (χ0n) is 18.9. The Morgan fingerprint density at radius 2 is 1.87 bits per heavy atom. The van der Waals surface area contributed by atoms with E-state index < -0.39 is 0 Å². The Balaban J connectivity index is 0.00000320. The van der Waals surface area contributed by atoms with E-state index in [2.05, 4.69) is 23.6 Å². The second-order valence-electron chi connectivity index (χ2n) is 9.41. The van der Waals surface area contributed by atoms with Gasteiger partial charge < -0.3 is 10.6 Å². The lowest BCUT2D eigenvalue weighted by atomic mass is 9.62. The van der Waals surface area contributed by atoms with Gasteiger partial charge in [0.05, 0.1) is 10.6 Å². The second kappa shape index (κ2) is 12.7. The smallest absolute Gasteiger partial charge is 0.252 e. The predicted molar refractivity (Wildman–Crippen MR) is 128 cm³/mol. The molecule has 0 aliphatic heterocycles. The van der Waals surface area contributed by atoms with Crippen molar-refractivity contribution in [1.82, 2.24) is 10.6 Å². The van der Waals surface area contributed by atoms with Gasteiger partial charge in [-0.05, 0) is 80.6 Å². The molecule has 2 bridgehead atoms. The number of carbonyl (C=O) groups is 1. The summed E-state index contributed by atoms with van der Waals surface area (Å²) < 4.78 is 0. The summed E-state index contributed by atoms with van der Waals surface area (Å²) in [5, 5.41) is 7.31. The number of hydrogen-bond acceptors (Lipinski definition) is 2. The van der Waals surface area contributed by atoms with E-state index in [1.165, 1.54) is 69.8 Å². The molecule has 2 aliphatic carbocycles. The van der Waals surface area contributed by atoms with Gasteiger partial charge in [0.1, 0.15) is 0 Å². The molecule has 2 fully saturated rings. The fourth-order valence-electron chi connectivity index (χ4n) is 5.38. The van der Waals surface area contributed by atoms with Gasteiger partial charge in [0.15, 0.2) is 0 Å². The third kappa shape index (κ3) is 7.27. The van der Waals surface area contributed by atoms with Crippen molar-refractivity contribution in [2.75, 3.05) is 19.6 Å². The van der Waals surface area contributed by atoms with Crippen molar-refractivity contribution in [1.29, 1.82) is 0 Å². The predicted octanol–water partition coefficient (Wildman–Crippen LogP) is 6.47. The fourth-order valence-corrected chi connectivity index (χ4v) is 5.58. The number of halogens is 1. The van der Waals surface area contributed by atoms with Crippen LogP contribution < -0.4 is 10.6 Å². The van der Waals surface area contributed by atoms with Gasteiger partial charge in [-0.15, -0.1) is 0 Å². The molecule has 4 heteroatoms. The second-order valence-corrected chi connectivity index (χ2v) is 9.82. The highest BCUT2D eigenvalue weighted by atomic mass is 35.5. The highest BCUT2D eigenvalue weighted by Crippen LogP contribution is 2.48. The van der Waals surface area contributed by atoms with Crippen LogP contribution in [0.2, 0.25) is 5.02 Å². The Morgan fingerprint density at radius 1 is 1.13 bits per heavy atom. The minimum Gasteiger partial charge on any atom is -0.351 e. The summed E-state index contributed by atoms with van der Waals surface area (Å²) in [6, 6.07) is 5.94. The number of unbranched alkanes of at least 4 members (excludes halogenated alkanes) is 2. The van der Waals surface area contributed by atoms with Crippen molar-refractivity contribution in [3.05, 3.63) is 41.8 Å². The molecule has 0 heterocycles. The summed E-state index contributed by atoms with van der Waals surface area (Å²) in [7, 11) is 0. The molecule has 0 saturated heterocycles. The molecule has 0 spiro atoms. The number of carbonyl (C=O) groups excluding carboxylic acids is 1. The topological polar surface area (TPSA) is 41.1 Å². The normalized spacial score (nSPS) is 22.9. The Kier molecular flexibility index (Phi) is 10.7. The molecule has 0 aromatic heterocycles. The summed E-state index contributed by atoms with van der Waals surface area (Å²) in [4.78, 5) is 12.9. The summed E-state index contributed by atoms with van der Waals surface area (Å²) >= 11 is 6.37. The van der Waals surface area contributed by atoms with Gasteiger partial charge in [0.25, 0.3) is 5.91 Å². The third-order valence-corrected chi connectivity index (χ3v) is 7.37. The zero-order chi connectivity index (χ0) is 20.5. The number of aryl methyl sites for hydroxylation is 1. The van der Waals surface area contributed by atoms with Crippen molar-refractivity contribution in [2.24, 2.45) is 11.3 Å². The first-order chi connectivity index (χ1) is 14.1. The molecule has 168 valence electrons. The van der Waals surface area contributed by atoms with Crippen molar-refractivity contribution >= 4 is 17.5 Å². The van der Waals surface area contributed by atoms with Crippen molar-refractivity contribution in [3.8, 4) is 0 Å². The fraction of sp³-hybridized carbons (Fsp3) is 0.692. The van der Waals surface area contributed by atoms with Gasteiger partial charge in [-0.2, -0.15) is 0 Å². The Hall–Kier alpha value is -1.06. The number of hydrogen-bond donors (Lipinski definition) is 2. The van der Waals surface area contributed by atoms with E-state index in [0.29, 0.717) is 16.0 Å². The SMILES string of the molecule is CCCCCNCCCc1ccc(Cl)c(C(=O)NCC23CCCC(CCC2)C3)c1.[CH2]. The van der Waals surface area contributed by atoms with Gasteiger partial charge in [-0.1, -0.05) is 70.5 Å². The van der Waals surface area contributed by atoms with Crippen LogP contribution in [0.5, 0.6) is 0 Å². The van der Waals surface area contributed by atoms with E-state index >= 15 is 0 Å². The molecule has 3 rings (SSSR count). The molecule has 2 saturated carbocycles. The molecule has 1 aromatic rings. The van der Waals surface area contributed by atoms with Crippen LogP contribution in [0.25, 0.3) is 0 Å². The van der Waals surface area contributed by atoms with Gasteiger partial charge >= 0.3 is 0 Å². The van der Waals surface area contributed by atoms with E-state index in [1.807, 2.05) is 12.1 Å². The first-order valence-electron chi connectivity index (χ1n) is 11.9. The van der Waals surface area contributed by atoms with Crippen LogP contribution in [0.15, 0.2) is 18.2 Å². The molecule has 2 radical (unpaired) electrons.